The maximum Gasteiger partial charge on any atom is 0.253 e. The van der Waals surface area contributed by atoms with Crippen molar-refractivity contribution in [3.8, 4) is 5.75 Å². The Morgan fingerprint density at radius 3 is 2.56 bits per heavy atom. The number of phenolic OH excluding ortho intramolecular Hbond substituents is 1. The van der Waals surface area contributed by atoms with Gasteiger partial charge in [0.1, 0.15) is 18.2 Å². The maximum absolute atomic E-state index is 13.6. The Balaban J connectivity index is 1.41. The number of benzene rings is 2. The molecule has 2 saturated heterocycles. The Morgan fingerprint density at radius 1 is 1.11 bits per heavy atom. The molecule has 2 heterocycles. The monoisotopic (exact) mass is 370 g/mol. The van der Waals surface area contributed by atoms with Crippen LogP contribution in [-0.4, -0.2) is 47.8 Å². The Kier molecular flexibility index (Phi) is 4.85. The quantitative estimate of drug-likeness (QED) is 0.903. The molecule has 0 aromatic heterocycles. The van der Waals surface area contributed by atoms with Gasteiger partial charge in [-0.05, 0) is 48.7 Å². The van der Waals surface area contributed by atoms with Crippen LogP contribution >= 0.6 is 0 Å². The second-order valence-corrected chi connectivity index (χ2v) is 7.37. The van der Waals surface area contributed by atoms with Crippen LogP contribution in [-0.2, 0) is 16.1 Å². The van der Waals surface area contributed by atoms with Crippen LogP contribution in [0.5, 0.6) is 5.75 Å². The summed E-state index contributed by atoms with van der Waals surface area (Å²) in [5, 5.41) is 9.40. The molecule has 1 amide bonds. The lowest BCUT2D eigenvalue weighted by Gasteiger charge is -2.47. The van der Waals surface area contributed by atoms with Gasteiger partial charge in [-0.2, -0.15) is 0 Å². The number of carbonyl (C=O) groups is 1. The van der Waals surface area contributed by atoms with E-state index in [0.29, 0.717) is 12.2 Å². The Morgan fingerprint density at radius 2 is 1.85 bits per heavy atom. The van der Waals surface area contributed by atoms with Gasteiger partial charge < -0.3 is 14.7 Å². The molecule has 0 unspecified atom stereocenters. The fraction of sp³-hybridized carbons (Fsp3) is 0.381. The lowest BCUT2D eigenvalue weighted by Crippen LogP contribution is -2.58. The first kappa shape index (κ1) is 17.9. The van der Waals surface area contributed by atoms with E-state index in [1.807, 2.05) is 12.1 Å². The van der Waals surface area contributed by atoms with E-state index in [1.165, 1.54) is 12.1 Å². The van der Waals surface area contributed by atoms with Crippen molar-refractivity contribution in [3.63, 3.8) is 0 Å². The summed E-state index contributed by atoms with van der Waals surface area (Å²) in [5.41, 5.74) is 1.38. The van der Waals surface area contributed by atoms with Crippen LogP contribution in [0.3, 0.4) is 0 Å². The van der Waals surface area contributed by atoms with Crippen molar-refractivity contribution in [2.45, 2.75) is 25.0 Å². The lowest BCUT2D eigenvalue weighted by molar-refractivity contribution is -0.144. The number of amides is 1. The van der Waals surface area contributed by atoms with Gasteiger partial charge in [0.15, 0.2) is 0 Å². The summed E-state index contributed by atoms with van der Waals surface area (Å²) in [6.45, 7) is 3.05. The predicted octanol–water partition coefficient (Wildman–Crippen LogP) is 2.93. The van der Waals surface area contributed by atoms with Gasteiger partial charge in [0.05, 0.1) is 12.1 Å². The van der Waals surface area contributed by atoms with Crippen molar-refractivity contribution in [2.24, 2.45) is 0 Å². The third kappa shape index (κ3) is 3.96. The minimum atomic E-state index is -0.369. The number of phenols is 1. The zero-order valence-electron chi connectivity index (χ0n) is 15.1. The highest BCUT2D eigenvalue weighted by atomic mass is 19.1. The molecule has 0 bridgehead atoms. The number of rotatable bonds is 3. The molecule has 1 spiro atoms. The average molecular weight is 370 g/mol. The van der Waals surface area contributed by atoms with Crippen molar-refractivity contribution >= 4 is 11.6 Å². The van der Waals surface area contributed by atoms with Crippen molar-refractivity contribution < 1.29 is 19.0 Å². The predicted molar refractivity (Wildman–Crippen MR) is 100 cm³/mol. The molecule has 0 aliphatic carbocycles. The van der Waals surface area contributed by atoms with Gasteiger partial charge in [0.2, 0.25) is 0 Å². The van der Waals surface area contributed by atoms with Gasteiger partial charge >= 0.3 is 0 Å². The van der Waals surface area contributed by atoms with E-state index in [0.717, 1.165) is 38.0 Å². The molecule has 2 aromatic rings. The van der Waals surface area contributed by atoms with Crippen molar-refractivity contribution in [3.05, 3.63) is 59.9 Å². The van der Waals surface area contributed by atoms with Gasteiger partial charge in [0, 0.05) is 25.3 Å². The number of halogens is 1. The molecule has 2 aliphatic heterocycles. The molecule has 2 aromatic carbocycles. The fourth-order valence-corrected chi connectivity index (χ4v) is 3.87. The van der Waals surface area contributed by atoms with Crippen LogP contribution in [0, 0.1) is 5.82 Å². The van der Waals surface area contributed by atoms with Gasteiger partial charge in [0.25, 0.3) is 5.91 Å². The summed E-state index contributed by atoms with van der Waals surface area (Å²) in [6, 6.07) is 13.4. The number of carbonyl (C=O) groups excluding carboxylic acids is 1. The van der Waals surface area contributed by atoms with Gasteiger partial charge in [-0.3, -0.25) is 9.69 Å². The van der Waals surface area contributed by atoms with E-state index >= 15 is 0 Å². The standard InChI is InChI=1S/C21H23FN2O3/c22-17-2-1-3-18(12-17)24-15-21(27-14-20(24)26)8-10-23(11-9-21)13-16-4-6-19(25)7-5-16/h1-7,12,25H,8-11,13-15H2. The molecular formula is C21H23FN2O3. The Labute approximate surface area is 158 Å². The minimum absolute atomic E-state index is 0.0362. The number of piperidine rings is 1. The SMILES string of the molecule is O=C1COC2(CCN(Cc3ccc(O)cc3)CC2)CN1c1cccc(F)c1. The Hall–Kier alpha value is -2.44. The fourth-order valence-electron chi connectivity index (χ4n) is 3.87. The van der Waals surface area contributed by atoms with E-state index in [-0.39, 0.29) is 29.7 Å². The smallest absolute Gasteiger partial charge is 0.253 e. The summed E-state index contributed by atoms with van der Waals surface area (Å²) >= 11 is 0. The van der Waals surface area contributed by atoms with Crippen molar-refractivity contribution in [1.82, 2.24) is 4.90 Å². The molecule has 6 heteroatoms. The van der Waals surface area contributed by atoms with Crippen LogP contribution in [0.1, 0.15) is 18.4 Å². The highest BCUT2D eigenvalue weighted by Gasteiger charge is 2.42. The highest BCUT2D eigenvalue weighted by molar-refractivity contribution is 5.95. The first-order valence-electron chi connectivity index (χ1n) is 9.23. The highest BCUT2D eigenvalue weighted by Crippen LogP contribution is 2.33. The van der Waals surface area contributed by atoms with Crippen LogP contribution in [0.25, 0.3) is 0 Å². The van der Waals surface area contributed by atoms with Crippen molar-refractivity contribution in [2.75, 3.05) is 31.1 Å². The van der Waals surface area contributed by atoms with E-state index in [4.69, 9.17) is 4.74 Å². The van der Waals surface area contributed by atoms with Gasteiger partial charge in [-0.25, -0.2) is 4.39 Å². The zero-order valence-corrected chi connectivity index (χ0v) is 15.1. The number of hydrogen-bond acceptors (Lipinski definition) is 4. The topological polar surface area (TPSA) is 53.0 Å². The van der Waals surface area contributed by atoms with Crippen molar-refractivity contribution in [1.29, 1.82) is 0 Å². The summed E-state index contributed by atoms with van der Waals surface area (Å²) in [4.78, 5) is 16.3. The molecule has 0 radical (unpaired) electrons. The molecule has 4 rings (SSSR count). The molecule has 5 nitrogen and oxygen atoms in total. The molecular weight excluding hydrogens is 347 g/mol. The average Bonchev–Trinajstić information content (AvgIpc) is 2.68. The number of hydrogen-bond donors (Lipinski definition) is 1. The summed E-state index contributed by atoms with van der Waals surface area (Å²) < 4.78 is 19.5. The van der Waals surface area contributed by atoms with Crippen LogP contribution in [0.15, 0.2) is 48.5 Å². The first-order valence-corrected chi connectivity index (χ1v) is 9.23. The number of aromatic hydroxyl groups is 1. The number of likely N-dealkylation sites (tertiary alicyclic amines) is 1. The molecule has 142 valence electrons. The number of nitrogens with zero attached hydrogens (tertiary/aromatic N) is 2. The minimum Gasteiger partial charge on any atom is -0.508 e. The molecule has 2 aliphatic rings. The normalized spacial score (nSPS) is 20.2. The number of morpholine rings is 1. The lowest BCUT2D eigenvalue weighted by atomic mass is 9.88. The van der Waals surface area contributed by atoms with E-state index in [9.17, 15) is 14.3 Å². The molecule has 2 fully saturated rings. The largest absolute Gasteiger partial charge is 0.508 e. The molecule has 1 N–H and O–H groups in total. The summed E-state index contributed by atoms with van der Waals surface area (Å²) in [6.07, 6.45) is 1.65. The second-order valence-electron chi connectivity index (χ2n) is 7.37. The zero-order chi connectivity index (χ0) is 18.9. The van der Waals surface area contributed by atoms with Crippen LogP contribution < -0.4 is 4.90 Å². The third-order valence-corrected chi connectivity index (χ3v) is 5.48. The molecule has 0 saturated carbocycles. The van der Waals surface area contributed by atoms with E-state index < -0.39 is 0 Å². The van der Waals surface area contributed by atoms with E-state index in [2.05, 4.69) is 4.90 Å². The molecule has 0 atom stereocenters. The summed E-state index contributed by atoms with van der Waals surface area (Å²) in [7, 11) is 0. The number of anilines is 1. The van der Waals surface area contributed by atoms with Crippen LogP contribution in [0.2, 0.25) is 0 Å². The van der Waals surface area contributed by atoms with Gasteiger partial charge in [-0.15, -0.1) is 0 Å². The summed E-state index contributed by atoms with van der Waals surface area (Å²) in [5.74, 6) is -0.198. The second kappa shape index (κ2) is 7.29. The van der Waals surface area contributed by atoms with E-state index in [1.54, 1.807) is 29.2 Å². The molecule has 27 heavy (non-hydrogen) atoms. The number of ether oxygens (including phenoxy) is 1. The first-order chi connectivity index (χ1) is 13.0. The van der Waals surface area contributed by atoms with Crippen LogP contribution in [0.4, 0.5) is 10.1 Å². The van der Waals surface area contributed by atoms with Gasteiger partial charge in [-0.1, -0.05) is 18.2 Å². The Bertz CT molecular complexity index is 816. The third-order valence-electron chi connectivity index (χ3n) is 5.48. The maximum atomic E-state index is 13.6.